The van der Waals surface area contributed by atoms with Crippen molar-refractivity contribution in [3.05, 3.63) is 29.7 Å². The fraction of sp³-hybridized carbons (Fsp3) is 0.538. The molecule has 16 heavy (non-hydrogen) atoms. The van der Waals surface area contributed by atoms with Crippen LogP contribution in [-0.2, 0) is 5.41 Å². The van der Waals surface area contributed by atoms with Crippen molar-refractivity contribution in [1.82, 2.24) is 14.6 Å². The van der Waals surface area contributed by atoms with Gasteiger partial charge in [0.15, 0.2) is 5.65 Å². The van der Waals surface area contributed by atoms with Gasteiger partial charge in [0, 0.05) is 23.4 Å². The Morgan fingerprint density at radius 1 is 1.25 bits per heavy atom. The van der Waals surface area contributed by atoms with Gasteiger partial charge in [-0.2, -0.15) is 5.10 Å². The first kappa shape index (κ1) is 11.1. The number of fused-ring (bicyclic) bond motifs is 1. The van der Waals surface area contributed by atoms with Gasteiger partial charge in [0.05, 0.1) is 5.69 Å². The summed E-state index contributed by atoms with van der Waals surface area (Å²) in [6, 6.07) is 4.12. The van der Waals surface area contributed by atoms with E-state index in [1.165, 1.54) is 0 Å². The van der Waals surface area contributed by atoms with E-state index in [-0.39, 0.29) is 5.41 Å². The molecule has 2 rings (SSSR count). The maximum atomic E-state index is 4.65. The molecule has 3 heteroatoms. The Kier molecular flexibility index (Phi) is 2.49. The lowest BCUT2D eigenvalue weighted by molar-refractivity contribution is 0.568. The van der Waals surface area contributed by atoms with Gasteiger partial charge in [-0.05, 0) is 12.0 Å². The van der Waals surface area contributed by atoms with Gasteiger partial charge in [0.1, 0.15) is 0 Å². The normalized spacial score (nSPS) is 12.6. The molecule has 0 atom stereocenters. The van der Waals surface area contributed by atoms with Crippen molar-refractivity contribution in [3.8, 4) is 0 Å². The average Bonchev–Trinajstić information content (AvgIpc) is 2.58. The largest absolute Gasteiger partial charge is 0.233 e. The Hall–Kier alpha value is -1.38. The van der Waals surface area contributed by atoms with Crippen LogP contribution in [0.1, 0.15) is 51.9 Å². The molecule has 0 aliphatic carbocycles. The van der Waals surface area contributed by atoms with E-state index < -0.39 is 0 Å². The molecule has 0 radical (unpaired) electrons. The SMILES string of the molecule is CC(C)c1cc2nc(C(C)(C)C)ccn2n1. The molecule has 0 saturated heterocycles. The van der Waals surface area contributed by atoms with E-state index in [0.717, 1.165) is 17.0 Å². The zero-order valence-electron chi connectivity index (χ0n) is 10.7. The van der Waals surface area contributed by atoms with Gasteiger partial charge in [0.25, 0.3) is 0 Å². The van der Waals surface area contributed by atoms with Crippen LogP contribution >= 0.6 is 0 Å². The van der Waals surface area contributed by atoms with Gasteiger partial charge >= 0.3 is 0 Å². The Labute approximate surface area is 96.5 Å². The molecule has 2 aromatic heterocycles. The lowest BCUT2D eigenvalue weighted by Gasteiger charge is -2.17. The highest BCUT2D eigenvalue weighted by atomic mass is 15.2. The zero-order valence-corrected chi connectivity index (χ0v) is 10.7. The predicted octanol–water partition coefficient (Wildman–Crippen LogP) is 3.15. The van der Waals surface area contributed by atoms with Crippen LogP contribution in [0, 0.1) is 0 Å². The van der Waals surface area contributed by atoms with Gasteiger partial charge in [-0.25, -0.2) is 9.50 Å². The molecule has 0 unspecified atom stereocenters. The van der Waals surface area contributed by atoms with Crippen LogP contribution in [0.4, 0.5) is 0 Å². The summed E-state index contributed by atoms with van der Waals surface area (Å²) in [4.78, 5) is 4.65. The molecule has 0 bridgehead atoms. The van der Waals surface area contributed by atoms with Crippen molar-refractivity contribution in [2.75, 3.05) is 0 Å². The summed E-state index contributed by atoms with van der Waals surface area (Å²) in [5.41, 5.74) is 3.23. The van der Waals surface area contributed by atoms with Crippen molar-refractivity contribution >= 4 is 5.65 Å². The van der Waals surface area contributed by atoms with Crippen molar-refractivity contribution < 1.29 is 0 Å². The van der Waals surface area contributed by atoms with Gasteiger partial charge in [0.2, 0.25) is 0 Å². The van der Waals surface area contributed by atoms with Crippen molar-refractivity contribution in [2.24, 2.45) is 0 Å². The fourth-order valence-corrected chi connectivity index (χ4v) is 1.60. The minimum Gasteiger partial charge on any atom is -0.233 e. The van der Waals surface area contributed by atoms with Crippen LogP contribution in [0.25, 0.3) is 5.65 Å². The van der Waals surface area contributed by atoms with Crippen LogP contribution in [-0.4, -0.2) is 14.6 Å². The summed E-state index contributed by atoms with van der Waals surface area (Å²) in [6.07, 6.45) is 1.99. The molecular formula is C13H19N3. The first-order valence-corrected chi connectivity index (χ1v) is 5.75. The third-order valence-electron chi connectivity index (χ3n) is 2.70. The number of nitrogens with zero attached hydrogens (tertiary/aromatic N) is 3. The second-order valence-corrected chi connectivity index (χ2v) is 5.59. The highest BCUT2D eigenvalue weighted by Crippen LogP contribution is 2.21. The zero-order chi connectivity index (χ0) is 11.9. The lowest BCUT2D eigenvalue weighted by Crippen LogP contribution is -2.13. The quantitative estimate of drug-likeness (QED) is 0.734. The summed E-state index contributed by atoms with van der Waals surface area (Å²) in [6.45, 7) is 10.8. The van der Waals surface area contributed by atoms with Gasteiger partial charge in [-0.1, -0.05) is 34.6 Å². The van der Waals surface area contributed by atoms with E-state index in [9.17, 15) is 0 Å². The monoisotopic (exact) mass is 217 g/mol. The second kappa shape index (κ2) is 3.58. The average molecular weight is 217 g/mol. The van der Waals surface area contributed by atoms with Gasteiger partial charge in [-0.3, -0.25) is 0 Å². The number of aromatic nitrogens is 3. The summed E-state index contributed by atoms with van der Waals surface area (Å²) in [5, 5.41) is 4.49. The van der Waals surface area contributed by atoms with Crippen LogP contribution in [0.15, 0.2) is 18.3 Å². The first-order valence-electron chi connectivity index (χ1n) is 5.75. The highest BCUT2D eigenvalue weighted by molar-refractivity contribution is 5.41. The molecule has 3 nitrogen and oxygen atoms in total. The molecule has 0 spiro atoms. The second-order valence-electron chi connectivity index (χ2n) is 5.59. The van der Waals surface area contributed by atoms with E-state index in [2.05, 4.69) is 50.8 Å². The number of hydrogen-bond donors (Lipinski definition) is 0. The summed E-state index contributed by atoms with van der Waals surface area (Å²) < 4.78 is 1.85. The summed E-state index contributed by atoms with van der Waals surface area (Å²) in [5.74, 6) is 0.444. The van der Waals surface area contributed by atoms with E-state index >= 15 is 0 Å². The molecule has 0 aromatic carbocycles. The van der Waals surface area contributed by atoms with E-state index in [4.69, 9.17) is 0 Å². The van der Waals surface area contributed by atoms with E-state index in [0.29, 0.717) is 5.92 Å². The Morgan fingerprint density at radius 3 is 2.50 bits per heavy atom. The first-order chi connectivity index (χ1) is 7.38. The minimum absolute atomic E-state index is 0.0873. The highest BCUT2D eigenvalue weighted by Gasteiger charge is 2.16. The Balaban J connectivity index is 2.54. The van der Waals surface area contributed by atoms with Crippen LogP contribution in [0.2, 0.25) is 0 Å². The number of hydrogen-bond acceptors (Lipinski definition) is 2. The molecule has 0 N–H and O–H groups in total. The van der Waals surface area contributed by atoms with Crippen molar-refractivity contribution in [1.29, 1.82) is 0 Å². The van der Waals surface area contributed by atoms with Crippen LogP contribution < -0.4 is 0 Å². The van der Waals surface area contributed by atoms with Gasteiger partial charge in [-0.15, -0.1) is 0 Å². The lowest BCUT2D eigenvalue weighted by atomic mass is 9.92. The minimum atomic E-state index is 0.0873. The van der Waals surface area contributed by atoms with E-state index in [1.54, 1.807) is 0 Å². The van der Waals surface area contributed by atoms with Crippen molar-refractivity contribution in [3.63, 3.8) is 0 Å². The molecule has 0 aliphatic heterocycles. The van der Waals surface area contributed by atoms with Crippen LogP contribution in [0.3, 0.4) is 0 Å². The summed E-state index contributed by atoms with van der Waals surface area (Å²) in [7, 11) is 0. The molecule has 2 heterocycles. The molecule has 0 saturated carbocycles. The molecule has 0 fully saturated rings. The topological polar surface area (TPSA) is 30.2 Å². The van der Waals surface area contributed by atoms with Crippen molar-refractivity contribution in [2.45, 2.75) is 46.0 Å². The third kappa shape index (κ3) is 1.94. The third-order valence-corrected chi connectivity index (χ3v) is 2.70. The Bertz CT molecular complexity index is 503. The summed E-state index contributed by atoms with van der Waals surface area (Å²) >= 11 is 0. The standard InChI is InChI=1S/C13H19N3/c1-9(2)10-8-12-14-11(13(3,4)5)6-7-16(12)15-10/h6-9H,1-5H3. The maximum absolute atomic E-state index is 4.65. The molecule has 86 valence electrons. The maximum Gasteiger partial charge on any atom is 0.155 e. The van der Waals surface area contributed by atoms with E-state index in [1.807, 2.05) is 16.8 Å². The Morgan fingerprint density at radius 2 is 1.94 bits per heavy atom. The molecule has 0 aliphatic rings. The molecular weight excluding hydrogens is 198 g/mol. The fourth-order valence-electron chi connectivity index (χ4n) is 1.60. The van der Waals surface area contributed by atoms with Crippen LogP contribution in [0.5, 0.6) is 0 Å². The van der Waals surface area contributed by atoms with Gasteiger partial charge < -0.3 is 0 Å². The predicted molar refractivity (Wildman–Crippen MR) is 65.8 cm³/mol. The smallest absolute Gasteiger partial charge is 0.155 e. The molecule has 2 aromatic rings. The number of rotatable bonds is 1. The molecule has 0 amide bonds.